The van der Waals surface area contributed by atoms with Gasteiger partial charge in [-0.05, 0) is 18.3 Å². The van der Waals surface area contributed by atoms with E-state index in [2.05, 4.69) is 23.9 Å². The standard InChI is InChI=1S/C12H16N4/c1-8(12(2)4-5-12)9-7-10(13)16-11(15-9)3-6-14-16/h3,6-8H,4-5,13H2,1-2H3. The summed E-state index contributed by atoms with van der Waals surface area (Å²) in [5.41, 5.74) is 8.32. The van der Waals surface area contributed by atoms with Crippen LogP contribution in [0.15, 0.2) is 18.3 Å². The van der Waals surface area contributed by atoms with Crippen LogP contribution in [0.2, 0.25) is 0 Å². The molecule has 0 bridgehead atoms. The zero-order valence-corrected chi connectivity index (χ0v) is 9.64. The average Bonchev–Trinajstić information content (AvgIpc) is 2.82. The van der Waals surface area contributed by atoms with Crippen LogP contribution in [0.1, 0.15) is 38.3 Å². The molecule has 84 valence electrons. The fourth-order valence-corrected chi connectivity index (χ4v) is 2.17. The molecule has 2 N–H and O–H groups in total. The van der Waals surface area contributed by atoms with Gasteiger partial charge in [0.15, 0.2) is 5.65 Å². The van der Waals surface area contributed by atoms with E-state index >= 15 is 0 Å². The van der Waals surface area contributed by atoms with Gasteiger partial charge in [0.2, 0.25) is 0 Å². The Hall–Kier alpha value is -1.58. The van der Waals surface area contributed by atoms with E-state index in [4.69, 9.17) is 5.73 Å². The summed E-state index contributed by atoms with van der Waals surface area (Å²) in [6.07, 6.45) is 4.31. The zero-order valence-electron chi connectivity index (χ0n) is 9.64. The topological polar surface area (TPSA) is 56.2 Å². The van der Waals surface area contributed by atoms with Crippen LogP contribution in [0, 0.1) is 5.41 Å². The molecule has 2 heterocycles. The number of fused-ring (bicyclic) bond motifs is 1. The highest BCUT2D eigenvalue weighted by Crippen LogP contribution is 2.55. The highest BCUT2D eigenvalue weighted by atomic mass is 15.3. The number of nitrogen functional groups attached to an aromatic ring is 1. The van der Waals surface area contributed by atoms with Gasteiger partial charge in [-0.1, -0.05) is 13.8 Å². The molecule has 16 heavy (non-hydrogen) atoms. The second-order valence-corrected chi connectivity index (χ2v) is 5.08. The molecule has 1 atom stereocenters. The van der Waals surface area contributed by atoms with Crippen LogP contribution in [-0.4, -0.2) is 14.6 Å². The summed E-state index contributed by atoms with van der Waals surface area (Å²) < 4.78 is 1.67. The van der Waals surface area contributed by atoms with Crippen LogP contribution in [0.5, 0.6) is 0 Å². The van der Waals surface area contributed by atoms with Gasteiger partial charge in [0.1, 0.15) is 5.82 Å². The molecule has 0 spiro atoms. The third kappa shape index (κ3) is 1.29. The summed E-state index contributed by atoms with van der Waals surface area (Å²) in [7, 11) is 0. The molecule has 0 amide bonds. The molecule has 0 aliphatic heterocycles. The summed E-state index contributed by atoms with van der Waals surface area (Å²) in [4.78, 5) is 4.62. The third-order valence-corrected chi connectivity index (χ3v) is 3.93. The van der Waals surface area contributed by atoms with Gasteiger partial charge in [0.25, 0.3) is 0 Å². The average molecular weight is 216 g/mol. The highest BCUT2D eigenvalue weighted by molar-refractivity contribution is 5.47. The molecule has 0 saturated heterocycles. The van der Waals surface area contributed by atoms with E-state index in [1.807, 2.05) is 12.1 Å². The Labute approximate surface area is 94.5 Å². The number of hydrogen-bond acceptors (Lipinski definition) is 3. The highest BCUT2D eigenvalue weighted by Gasteiger charge is 2.43. The minimum Gasteiger partial charge on any atom is -0.384 e. The molecule has 0 radical (unpaired) electrons. The maximum atomic E-state index is 5.96. The first-order valence-corrected chi connectivity index (χ1v) is 5.70. The smallest absolute Gasteiger partial charge is 0.157 e. The Morgan fingerprint density at radius 1 is 1.50 bits per heavy atom. The second-order valence-electron chi connectivity index (χ2n) is 5.08. The second kappa shape index (κ2) is 2.97. The molecule has 1 fully saturated rings. The Kier molecular flexibility index (Phi) is 1.79. The predicted molar refractivity (Wildman–Crippen MR) is 63.2 cm³/mol. The van der Waals surface area contributed by atoms with Crippen LogP contribution in [0.4, 0.5) is 5.82 Å². The summed E-state index contributed by atoms with van der Waals surface area (Å²) in [6, 6.07) is 3.84. The first-order valence-electron chi connectivity index (χ1n) is 5.70. The van der Waals surface area contributed by atoms with Crippen molar-refractivity contribution in [1.82, 2.24) is 14.6 Å². The van der Waals surface area contributed by atoms with E-state index in [0.717, 1.165) is 11.3 Å². The van der Waals surface area contributed by atoms with Crippen molar-refractivity contribution >= 4 is 11.5 Å². The number of nitrogens with two attached hydrogens (primary N) is 1. The molecule has 4 heteroatoms. The van der Waals surface area contributed by atoms with E-state index in [-0.39, 0.29) is 0 Å². The van der Waals surface area contributed by atoms with E-state index in [9.17, 15) is 0 Å². The van der Waals surface area contributed by atoms with Crippen LogP contribution < -0.4 is 5.73 Å². The number of aromatic nitrogens is 3. The molecule has 0 aromatic carbocycles. The van der Waals surface area contributed by atoms with Gasteiger partial charge in [0.05, 0.1) is 6.20 Å². The molecule has 4 nitrogen and oxygen atoms in total. The predicted octanol–water partition coefficient (Wildman–Crippen LogP) is 2.22. The molecule has 1 unspecified atom stereocenters. The molecule has 1 aliphatic rings. The van der Waals surface area contributed by atoms with Crippen LogP contribution in [0.25, 0.3) is 5.65 Å². The van der Waals surface area contributed by atoms with Gasteiger partial charge in [-0.3, -0.25) is 0 Å². The molecule has 2 aromatic rings. The van der Waals surface area contributed by atoms with Crippen molar-refractivity contribution < 1.29 is 0 Å². The van der Waals surface area contributed by atoms with Crippen molar-refractivity contribution in [1.29, 1.82) is 0 Å². The largest absolute Gasteiger partial charge is 0.384 e. The molecule has 3 rings (SSSR count). The van der Waals surface area contributed by atoms with E-state index in [0.29, 0.717) is 17.2 Å². The van der Waals surface area contributed by atoms with Crippen molar-refractivity contribution in [3.63, 3.8) is 0 Å². The Balaban J connectivity index is 2.10. The Morgan fingerprint density at radius 3 is 2.94 bits per heavy atom. The summed E-state index contributed by atoms with van der Waals surface area (Å²) in [6.45, 7) is 4.55. The van der Waals surface area contributed by atoms with Crippen molar-refractivity contribution in [2.45, 2.75) is 32.6 Å². The minimum atomic E-state index is 0.428. The van der Waals surface area contributed by atoms with Crippen LogP contribution in [0.3, 0.4) is 0 Å². The summed E-state index contributed by atoms with van der Waals surface area (Å²) >= 11 is 0. The van der Waals surface area contributed by atoms with E-state index < -0.39 is 0 Å². The minimum absolute atomic E-state index is 0.428. The van der Waals surface area contributed by atoms with Crippen molar-refractivity contribution in [3.8, 4) is 0 Å². The van der Waals surface area contributed by atoms with Gasteiger partial charge in [-0.25, -0.2) is 4.98 Å². The maximum Gasteiger partial charge on any atom is 0.157 e. The Morgan fingerprint density at radius 2 is 2.25 bits per heavy atom. The molecule has 1 aliphatic carbocycles. The zero-order chi connectivity index (χ0) is 11.3. The fraction of sp³-hybridized carbons (Fsp3) is 0.500. The van der Waals surface area contributed by atoms with Gasteiger partial charge in [-0.15, -0.1) is 0 Å². The normalized spacial score (nSPS) is 19.9. The summed E-state index contributed by atoms with van der Waals surface area (Å²) in [5, 5.41) is 4.13. The third-order valence-electron chi connectivity index (χ3n) is 3.93. The van der Waals surface area contributed by atoms with E-state index in [1.165, 1.54) is 12.8 Å². The molecule has 1 saturated carbocycles. The first-order chi connectivity index (χ1) is 7.60. The summed E-state index contributed by atoms with van der Waals surface area (Å²) in [5.74, 6) is 1.14. The Bertz CT molecular complexity index is 539. The van der Waals surface area contributed by atoms with Gasteiger partial charge < -0.3 is 5.73 Å². The van der Waals surface area contributed by atoms with Gasteiger partial charge >= 0.3 is 0 Å². The van der Waals surface area contributed by atoms with E-state index in [1.54, 1.807) is 10.7 Å². The van der Waals surface area contributed by atoms with Crippen LogP contribution >= 0.6 is 0 Å². The monoisotopic (exact) mass is 216 g/mol. The van der Waals surface area contributed by atoms with Crippen molar-refractivity contribution in [3.05, 3.63) is 24.0 Å². The van der Waals surface area contributed by atoms with Gasteiger partial charge in [0, 0.05) is 23.7 Å². The fourth-order valence-electron chi connectivity index (χ4n) is 2.17. The number of anilines is 1. The van der Waals surface area contributed by atoms with Gasteiger partial charge in [-0.2, -0.15) is 9.61 Å². The lowest BCUT2D eigenvalue weighted by Gasteiger charge is -2.18. The first kappa shape index (κ1) is 9.63. The maximum absolute atomic E-state index is 5.96. The quantitative estimate of drug-likeness (QED) is 0.837. The lowest BCUT2D eigenvalue weighted by atomic mass is 9.89. The number of nitrogens with zero attached hydrogens (tertiary/aromatic N) is 3. The lowest BCUT2D eigenvalue weighted by molar-refractivity contribution is 0.460. The molecule has 2 aromatic heterocycles. The number of rotatable bonds is 2. The van der Waals surface area contributed by atoms with Crippen LogP contribution in [-0.2, 0) is 0 Å². The number of hydrogen-bond donors (Lipinski definition) is 1. The lowest BCUT2D eigenvalue weighted by Crippen LogP contribution is -2.11. The van der Waals surface area contributed by atoms with Crippen molar-refractivity contribution in [2.75, 3.05) is 5.73 Å². The molecular weight excluding hydrogens is 200 g/mol. The molecular formula is C12H16N4. The van der Waals surface area contributed by atoms with Crippen molar-refractivity contribution in [2.24, 2.45) is 5.41 Å². The SMILES string of the molecule is CC(c1cc(N)n2nccc2n1)C1(C)CC1.